The first-order valence-corrected chi connectivity index (χ1v) is 4.60. The minimum Gasteiger partial charge on any atom is -0.508 e. The molecule has 74 valence electrons. The van der Waals surface area contributed by atoms with Crippen LogP contribution in [0.5, 0.6) is 5.75 Å². The molecule has 1 unspecified atom stereocenters. The van der Waals surface area contributed by atoms with Gasteiger partial charge in [-0.15, -0.1) is 0 Å². The minimum absolute atomic E-state index is 0.0344. The summed E-state index contributed by atoms with van der Waals surface area (Å²) in [5.74, 6) is 0.311. The number of nitrogens with one attached hydrogen (secondary N) is 1. The third-order valence-electron chi connectivity index (χ3n) is 1.94. The molecule has 0 aliphatic carbocycles. The number of rotatable bonds is 4. The van der Waals surface area contributed by atoms with Crippen LogP contribution in [0.3, 0.4) is 0 Å². The molecule has 0 bridgehead atoms. The number of phenols is 1. The van der Waals surface area contributed by atoms with Gasteiger partial charge in [0.25, 0.3) is 0 Å². The first-order valence-electron chi connectivity index (χ1n) is 4.60. The lowest BCUT2D eigenvalue weighted by atomic mass is 10.2. The van der Waals surface area contributed by atoms with E-state index in [-0.39, 0.29) is 11.7 Å². The average molecular weight is 190 g/mol. The number of benzene rings is 1. The fraction of sp³-hybridized carbons (Fsp3) is 0.364. The average Bonchev–Trinajstić information content (AvgIpc) is 2.21. The maximum Gasteiger partial charge on any atom is 0.115 e. The van der Waals surface area contributed by atoms with Crippen molar-refractivity contribution in [3.05, 3.63) is 29.8 Å². The number of hydrogen-bond donors (Lipinski definition) is 2. The molecule has 1 rings (SSSR count). The second-order valence-corrected chi connectivity index (χ2v) is 3.33. The molecule has 1 aromatic rings. The Morgan fingerprint density at radius 3 is 2.64 bits per heavy atom. The van der Waals surface area contributed by atoms with Gasteiger partial charge < -0.3 is 10.4 Å². The summed E-state index contributed by atoms with van der Waals surface area (Å²) in [6.45, 7) is 3.30. The first-order chi connectivity index (χ1) is 6.72. The molecule has 0 spiro atoms. The van der Waals surface area contributed by atoms with Crippen LogP contribution in [0.1, 0.15) is 12.5 Å². The maximum absolute atomic E-state index is 9.04. The molecule has 0 saturated heterocycles. The Balaban J connectivity index is 2.32. The van der Waals surface area contributed by atoms with E-state index in [1.807, 2.05) is 19.1 Å². The molecule has 0 radical (unpaired) electrons. The summed E-state index contributed by atoms with van der Waals surface area (Å²) in [7, 11) is 0. The van der Waals surface area contributed by atoms with Crippen LogP contribution in [0.4, 0.5) is 0 Å². The molecule has 0 amide bonds. The SMILES string of the molecule is CC(C#N)CNCc1ccc(O)cc1. The molecule has 0 aliphatic heterocycles. The monoisotopic (exact) mass is 190 g/mol. The number of nitrogens with zero attached hydrogens (tertiary/aromatic N) is 1. The third kappa shape index (κ3) is 3.46. The standard InChI is InChI=1S/C11H14N2O/c1-9(6-12)7-13-8-10-2-4-11(14)5-3-10/h2-5,9,13-14H,7-8H2,1H3. The lowest BCUT2D eigenvalue weighted by molar-refractivity contribution is 0.475. The van der Waals surface area contributed by atoms with E-state index in [4.69, 9.17) is 10.4 Å². The lowest BCUT2D eigenvalue weighted by Crippen LogP contribution is -2.19. The van der Waals surface area contributed by atoms with E-state index in [0.717, 1.165) is 12.1 Å². The summed E-state index contributed by atoms with van der Waals surface area (Å²) in [6.07, 6.45) is 0. The van der Waals surface area contributed by atoms with Crippen molar-refractivity contribution in [2.45, 2.75) is 13.5 Å². The molecule has 3 nitrogen and oxygen atoms in total. The van der Waals surface area contributed by atoms with Crippen LogP contribution in [-0.4, -0.2) is 11.7 Å². The highest BCUT2D eigenvalue weighted by Crippen LogP contribution is 2.09. The van der Waals surface area contributed by atoms with Crippen molar-refractivity contribution in [1.29, 1.82) is 5.26 Å². The van der Waals surface area contributed by atoms with Gasteiger partial charge in [0.1, 0.15) is 5.75 Å². The molecule has 0 aromatic heterocycles. The number of hydrogen-bond acceptors (Lipinski definition) is 3. The van der Waals surface area contributed by atoms with E-state index >= 15 is 0 Å². The first kappa shape index (κ1) is 10.6. The molecule has 1 atom stereocenters. The van der Waals surface area contributed by atoms with Crippen molar-refractivity contribution < 1.29 is 5.11 Å². The van der Waals surface area contributed by atoms with Gasteiger partial charge in [-0.25, -0.2) is 0 Å². The molecule has 3 heteroatoms. The zero-order valence-electron chi connectivity index (χ0n) is 8.20. The largest absolute Gasteiger partial charge is 0.508 e. The van der Waals surface area contributed by atoms with E-state index in [1.54, 1.807) is 12.1 Å². The Hall–Kier alpha value is -1.53. The maximum atomic E-state index is 9.04. The van der Waals surface area contributed by atoms with Gasteiger partial charge in [0.05, 0.1) is 12.0 Å². The highest BCUT2D eigenvalue weighted by atomic mass is 16.3. The third-order valence-corrected chi connectivity index (χ3v) is 1.94. The van der Waals surface area contributed by atoms with Gasteiger partial charge in [-0.05, 0) is 24.6 Å². The molecule has 0 fully saturated rings. The van der Waals surface area contributed by atoms with Crippen molar-refractivity contribution >= 4 is 0 Å². The molecule has 1 aromatic carbocycles. The Labute approximate surface area is 84.0 Å². The van der Waals surface area contributed by atoms with Crippen molar-refractivity contribution in [3.8, 4) is 11.8 Å². The van der Waals surface area contributed by atoms with Gasteiger partial charge >= 0.3 is 0 Å². The van der Waals surface area contributed by atoms with Crippen LogP contribution in [0.2, 0.25) is 0 Å². The molecular weight excluding hydrogens is 176 g/mol. The van der Waals surface area contributed by atoms with Crippen LogP contribution in [0.25, 0.3) is 0 Å². The van der Waals surface area contributed by atoms with Crippen molar-refractivity contribution in [3.63, 3.8) is 0 Å². The normalized spacial score (nSPS) is 12.0. The second kappa shape index (κ2) is 5.25. The van der Waals surface area contributed by atoms with Crippen molar-refractivity contribution in [2.75, 3.05) is 6.54 Å². The Kier molecular flexibility index (Phi) is 3.96. The van der Waals surface area contributed by atoms with E-state index in [0.29, 0.717) is 6.54 Å². The summed E-state index contributed by atoms with van der Waals surface area (Å²) in [4.78, 5) is 0. The molecule has 14 heavy (non-hydrogen) atoms. The van der Waals surface area contributed by atoms with E-state index < -0.39 is 0 Å². The highest BCUT2D eigenvalue weighted by Gasteiger charge is 1.98. The smallest absolute Gasteiger partial charge is 0.115 e. The summed E-state index contributed by atoms with van der Waals surface area (Å²) in [5, 5.41) is 20.8. The second-order valence-electron chi connectivity index (χ2n) is 3.33. The summed E-state index contributed by atoms with van der Waals surface area (Å²) in [6, 6.07) is 9.19. The van der Waals surface area contributed by atoms with Crippen LogP contribution in [0.15, 0.2) is 24.3 Å². The van der Waals surface area contributed by atoms with Crippen LogP contribution in [0, 0.1) is 17.2 Å². The van der Waals surface area contributed by atoms with Crippen LogP contribution >= 0.6 is 0 Å². The molecule has 0 saturated carbocycles. The molecule has 0 aliphatic rings. The van der Waals surface area contributed by atoms with Gasteiger partial charge in [-0.2, -0.15) is 5.26 Å². The number of aromatic hydroxyl groups is 1. The topological polar surface area (TPSA) is 56.0 Å². The number of nitriles is 1. The Bertz CT molecular complexity index is 313. The predicted octanol–water partition coefficient (Wildman–Crippen LogP) is 1.64. The van der Waals surface area contributed by atoms with Gasteiger partial charge in [0.15, 0.2) is 0 Å². The van der Waals surface area contributed by atoms with E-state index in [9.17, 15) is 0 Å². The van der Waals surface area contributed by atoms with Crippen LogP contribution < -0.4 is 5.32 Å². The number of phenolic OH excluding ortho intramolecular Hbond substituents is 1. The van der Waals surface area contributed by atoms with Crippen molar-refractivity contribution in [1.82, 2.24) is 5.32 Å². The fourth-order valence-electron chi connectivity index (χ4n) is 1.09. The summed E-state index contributed by atoms with van der Waals surface area (Å²) in [5.41, 5.74) is 1.10. The van der Waals surface area contributed by atoms with Gasteiger partial charge in [-0.1, -0.05) is 12.1 Å². The van der Waals surface area contributed by atoms with Gasteiger partial charge in [-0.3, -0.25) is 0 Å². The molecule has 0 heterocycles. The molecular formula is C11H14N2O. The zero-order valence-corrected chi connectivity index (χ0v) is 8.20. The summed E-state index contributed by atoms with van der Waals surface area (Å²) < 4.78 is 0. The highest BCUT2D eigenvalue weighted by molar-refractivity contribution is 5.25. The minimum atomic E-state index is 0.0344. The molecule has 2 N–H and O–H groups in total. The summed E-state index contributed by atoms with van der Waals surface area (Å²) >= 11 is 0. The van der Waals surface area contributed by atoms with Gasteiger partial charge in [0, 0.05) is 13.1 Å². The fourth-order valence-corrected chi connectivity index (χ4v) is 1.09. The van der Waals surface area contributed by atoms with Gasteiger partial charge in [0.2, 0.25) is 0 Å². The van der Waals surface area contributed by atoms with E-state index in [1.165, 1.54) is 0 Å². The Morgan fingerprint density at radius 2 is 2.07 bits per heavy atom. The quantitative estimate of drug-likeness (QED) is 0.758. The van der Waals surface area contributed by atoms with Crippen molar-refractivity contribution in [2.24, 2.45) is 5.92 Å². The zero-order chi connectivity index (χ0) is 10.4. The lowest BCUT2D eigenvalue weighted by Gasteiger charge is -2.05. The van der Waals surface area contributed by atoms with Crippen LogP contribution in [-0.2, 0) is 6.54 Å². The van der Waals surface area contributed by atoms with E-state index in [2.05, 4.69) is 11.4 Å². The predicted molar refractivity (Wildman–Crippen MR) is 54.6 cm³/mol. The Morgan fingerprint density at radius 1 is 1.43 bits per heavy atom.